The molecule has 2 unspecified atom stereocenters. The van der Waals surface area contributed by atoms with Crippen LogP contribution in [0.25, 0.3) is 0 Å². The molecule has 4 heteroatoms. The molecule has 0 spiro atoms. The van der Waals surface area contributed by atoms with E-state index in [1.54, 1.807) is 6.92 Å². The lowest BCUT2D eigenvalue weighted by molar-refractivity contribution is -0.111. The Hall–Kier alpha value is -0.610. The van der Waals surface area contributed by atoms with Gasteiger partial charge in [0, 0.05) is 19.6 Å². The van der Waals surface area contributed by atoms with Gasteiger partial charge in [0.15, 0.2) is 0 Å². The van der Waals surface area contributed by atoms with Crippen LogP contribution in [0.2, 0.25) is 0 Å². The molecule has 64 valence electrons. The monoisotopic (exact) mass is 159 g/mol. The van der Waals surface area contributed by atoms with Crippen LogP contribution in [0, 0.1) is 0 Å². The molecule has 1 aliphatic rings. The van der Waals surface area contributed by atoms with Gasteiger partial charge in [0.2, 0.25) is 6.41 Å². The number of carbonyl (C=O) groups is 1. The fourth-order valence-corrected chi connectivity index (χ4v) is 1.22. The third kappa shape index (κ3) is 1.70. The average Bonchev–Trinajstić information content (AvgIpc) is 2.30. The van der Waals surface area contributed by atoms with E-state index in [4.69, 9.17) is 4.74 Å². The number of ether oxygens (including phenoxy) is 1. The fraction of sp³-hybridized carbons (Fsp3) is 0.857. The molecule has 2 atom stereocenters. The van der Waals surface area contributed by atoms with E-state index < -0.39 is 5.60 Å². The highest BCUT2D eigenvalue weighted by atomic mass is 16.5. The fourth-order valence-electron chi connectivity index (χ4n) is 1.22. The average molecular weight is 159 g/mol. The Morgan fingerprint density at radius 2 is 2.64 bits per heavy atom. The second-order valence-electron chi connectivity index (χ2n) is 2.87. The number of hydrogen-bond acceptors (Lipinski definition) is 3. The number of nitrogens with one attached hydrogen (secondary N) is 1. The first-order valence-corrected chi connectivity index (χ1v) is 3.70. The van der Waals surface area contributed by atoms with Crippen molar-refractivity contribution in [2.75, 3.05) is 13.2 Å². The Bertz CT molecular complexity index is 151. The Morgan fingerprint density at radius 1 is 1.91 bits per heavy atom. The van der Waals surface area contributed by atoms with Gasteiger partial charge in [-0.15, -0.1) is 0 Å². The molecule has 1 aliphatic heterocycles. The van der Waals surface area contributed by atoms with Gasteiger partial charge in [-0.05, 0) is 6.92 Å². The van der Waals surface area contributed by atoms with Gasteiger partial charge < -0.3 is 15.2 Å². The zero-order valence-corrected chi connectivity index (χ0v) is 6.54. The predicted octanol–water partition coefficient (Wildman–Crippen LogP) is -0.728. The molecule has 0 radical (unpaired) electrons. The Balaban J connectivity index is 2.43. The van der Waals surface area contributed by atoms with Crippen LogP contribution in [-0.4, -0.2) is 36.4 Å². The summed E-state index contributed by atoms with van der Waals surface area (Å²) >= 11 is 0. The molecule has 0 saturated carbocycles. The molecule has 11 heavy (non-hydrogen) atoms. The Kier molecular flexibility index (Phi) is 2.46. The zero-order valence-electron chi connectivity index (χ0n) is 6.54. The van der Waals surface area contributed by atoms with Crippen LogP contribution in [0.15, 0.2) is 0 Å². The maximum Gasteiger partial charge on any atom is 0.207 e. The molecule has 0 aromatic carbocycles. The molecule has 1 heterocycles. The molecular formula is C7H13NO3. The normalized spacial score (nSPS) is 37.1. The second-order valence-corrected chi connectivity index (χ2v) is 2.87. The highest BCUT2D eigenvalue weighted by Crippen LogP contribution is 2.24. The number of carbonyl (C=O) groups excluding carboxylic acids is 1. The molecule has 4 nitrogen and oxygen atoms in total. The summed E-state index contributed by atoms with van der Waals surface area (Å²) in [4.78, 5) is 9.95. The van der Waals surface area contributed by atoms with Crippen molar-refractivity contribution in [1.29, 1.82) is 0 Å². The highest BCUT2D eigenvalue weighted by molar-refractivity contribution is 5.46. The van der Waals surface area contributed by atoms with E-state index in [0.717, 1.165) is 0 Å². The lowest BCUT2D eigenvalue weighted by atomic mass is 9.97. The number of amides is 1. The Morgan fingerprint density at radius 3 is 3.09 bits per heavy atom. The minimum absolute atomic E-state index is 0.185. The zero-order chi connectivity index (χ0) is 8.32. The smallest absolute Gasteiger partial charge is 0.207 e. The first kappa shape index (κ1) is 8.49. The van der Waals surface area contributed by atoms with Crippen molar-refractivity contribution in [3.63, 3.8) is 0 Å². The summed E-state index contributed by atoms with van der Waals surface area (Å²) in [5.74, 6) is 0. The van der Waals surface area contributed by atoms with Crippen molar-refractivity contribution in [3.8, 4) is 0 Å². The summed E-state index contributed by atoms with van der Waals surface area (Å²) in [7, 11) is 0. The second kappa shape index (κ2) is 3.19. The topological polar surface area (TPSA) is 58.6 Å². The first-order chi connectivity index (χ1) is 5.19. The maximum absolute atomic E-state index is 9.95. The van der Waals surface area contributed by atoms with Gasteiger partial charge in [0.1, 0.15) is 5.60 Å². The van der Waals surface area contributed by atoms with E-state index in [2.05, 4.69) is 5.32 Å². The summed E-state index contributed by atoms with van der Waals surface area (Å²) in [6, 6.07) is 0. The quantitative estimate of drug-likeness (QED) is 0.534. The Labute approximate surface area is 65.5 Å². The molecule has 0 aliphatic carbocycles. The van der Waals surface area contributed by atoms with Crippen molar-refractivity contribution in [2.24, 2.45) is 0 Å². The summed E-state index contributed by atoms with van der Waals surface area (Å²) < 4.78 is 5.16. The molecule has 0 aromatic heterocycles. The van der Waals surface area contributed by atoms with Gasteiger partial charge in [-0.2, -0.15) is 0 Å². The predicted molar refractivity (Wildman–Crippen MR) is 39.0 cm³/mol. The molecule has 1 fully saturated rings. The van der Waals surface area contributed by atoms with Crippen LogP contribution in [0.3, 0.4) is 0 Å². The van der Waals surface area contributed by atoms with E-state index >= 15 is 0 Å². The number of aliphatic hydroxyl groups is 1. The van der Waals surface area contributed by atoms with Crippen molar-refractivity contribution in [1.82, 2.24) is 5.32 Å². The van der Waals surface area contributed by atoms with Crippen LogP contribution in [-0.2, 0) is 9.53 Å². The summed E-state index contributed by atoms with van der Waals surface area (Å²) in [6.45, 7) is 2.65. The van der Waals surface area contributed by atoms with Crippen LogP contribution < -0.4 is 5.32 Å². The standard InChI is InChI=1S/C7H13NO3/c1-6-7(10,2-3-11-6)4-8-5-9/h5-6,10H,2-4H2,1H3,(H,8,9). The molecule has 1 rings (SSSR count). The van der Waals surface area contributed by atoms with Gasteiger partial charge in [-0.3, -0.25) is 4.79 Å². The lowest BCUT2D eigenvalue weighted by Crippen LogP contribution is -2.45. The summed E-state index contributed by atoms with van der Waals surface area (Å²) in [5, 5.41) is 12.2. The third-order valence-corrected chi connectivity index (χ3v) is 2.15. The van der Waals surface area contributed by atoms with Crippen molar-refractivity contribution >= 4 is 6.41 Å². The van der Waals surface area contributed by atoms with Gasteiger partial charge in [0.25, 0.3) is 0 Å². The van der Waals surface area contributed by atoms with E-state index in [-0.39, 0.29) is 12.6 Å². The van der Waals surface area contributed by atoms with Gasteiger partial charge in [0.05, 0.1) is 6.10 Å². The molecule has 2 N–H and O–H groups in total. The van der Waals surface area contributed by atoms with Crippen LogP contribution >= 0.6 is 0 Å². The van der Waals surface area contributed by atoms with Crippen LogP contribution in [0.5, 0.6) is 0 Å². The van der Waals surface area contributed by atoms with E-state index in [0.29, 0.717) is 19.4 Å². The van der Waals surface area contributed by atoms with Crippen LogP contribution in [0.4, 0.5) is 0 Å². The molecular weight excluding hydrogens is 146 g/mol. The highest BCUT2D eigenvalue weighted by Gasteiger charge is 2.38. The minimum Gasteiger partial charge on any atom is -0.385 e. The minimum atomic E-state index is -0.860. The van der Waals surface area contributed by atoms with Crippen molar-refractivity contribution in [3.05, 3.63) is 0 Å². The lowest BCUT2D eigenvalue weighted by Gasteiger charge is -2.24. The molecule has 0 aromatic rings. The van der Waals surface area contributed by atoms with E-state index in [9.17, 15) is 9.90 Å². The SMILES string of the molecule is CC1OCCC1(O)CNC=O. The molecule has 1 saturated heterocycles. The first-order valence-electron chi connectivity index (χ1n) is 3.70. The van der Waals surface area contributed by atoms with E-state index in [1.165, 1.54) is 0 Å². The van der Waals surface area contributed by atoms with Gasteiger partial charge >= 0.3 is 0 Å². The number of rotatable bonds is 3. The summed E-state index contributed by atoms with van der Waals surface area (Å²) in [5.41, 5.74) is -0.860. The maximum atomic E-state index is 9.95. The summed E-state index contributed by atoms with van der Waals surface area (Å²) in [6.07, 6.45) is 0.993. The molecule has 1 amide bonds. The van der Waals surface area contributed by atoms with Crippen molar-refractivity contribution in [2.45, 2.75) is 25.0 Å². The largest absolute Gasteiger partial charge is 0.385 e. The molecule has 0 bridgehead atoms. The van der Waals surface area contributed by atoms with Crippen LogP contribution in [0.1, 0.15) is 13.3 Å². The van der Waals surface area contributed by atoms with Gasteiger partial charge in [-0.1, -0.05) is 0 Å². The van der Waals surface area contributed by atoms with E-state index in [1.807, 2.05) is 0 Å². The third-order valence-electron chi connectivity index (χ3n) is 2.15. The van der Waals surface area contributed by atoms with Gasteiger partial charge in [-0.25, -0.2) is 0 Å². The number of hydrogen-bond donors (Lipinski definition) is 2. The van der Waals surface area contributed by atoms with Crippen molar-refractivity contribution < 1.29 is 14.6 Å².